The van der Waals surface area contributed by atoms with Crippen LogP contribution in [0.25, 0.3) is 11.6 Å². The number of nitrogens with zero attached hydrogens (tertiary/aromatic N) is 6. The van der Waals surface area contributed by atoms with Crippen molar-refractivity contribution in [1.82, 2.24) is 25.4 Å². The maximum atomic E-state index is 13.4. The molecule has 1 N–H and O–H groups in total. The minimum absolute atomic E-state index is 0.0238. The SMILES string of the molecule is O=C(O)Cn1nnc(-c2cc(N3CCC(C(=O)c4cc(C(F)(F)F)ccc4C(F)(F)F)CC3)no2)n1. The molecule has 192 valence electrons. The molecule has 1 fully saturated rings. The van der Waals surface area contributed by atoms with Gasteiger partial charge in [0.1, 0.15) is 0 Å². The van der Waals surface area contributed by atoms with Gasteiger partial charge in [-0.3, -0.25) is 9.59 Å². The number of aromatic nitrogens is 5. The first kappa shape index (κ1) is 25.1. The Morgan fingerprint density at radius 2 is 1.75 bits per heavy atom. The van der Waals surface area contributed by atoms with Crippen LogP contribution in [0.3, 0.4) is 0 Å². The van der Waals surface area contributed by atoms with E-state index in [1.165, 1.54) is 6.07 Å². The van der Waals surface area contributed by atoms with E-state index in [4.69, 9.17) is 9.63 Å². The van der Waals surface area contributed by atoms with Crippen molar-refractivity contribution >= 4 is 17.6 Å². The largest absolute Gasteiger partial charge is 0.480 e. The van der Waals surface area contributed by atoms with E-state index in [-0.39, 0.29) is 49.6 Å². The fourth-order valence-corrected chi connectivity index (χ4v) is 3.81. The second-order valence-corrected chi connectivity index (χ2v) is 7.97. The number of halogens is 6. The monoisotopic (exact) mass is 518 g/mol. The number of carboxylic acids is 1. The molecule has 4 rings (SSSR count). The molecule has 0 aliphatic carbocycles. The molecular formula is C20H16F6N6O4. The van der Waals surface area contributed by atoms with E-state index >= 15 is 0 Å². The first-order valence-electron chi connectivity index (χ1n) is 10.4. The highest BCUT2D eigenvalue weighted by Gasteiger charge is 2.40. The Labute approximate surface area is 197 Å². The predicted molar refractivity (Wildman–Crippen MR) is 107 cm³/mol. The second-order valence-electron chi connectivity index (χ2n) is 7.97. The van der Waals surface area contributed by atoms with Gasteiger partial charge in [-0.25, -0.2) is 0 Å². The topological polar surface area (TPSA) is 127 Å². The fraction of sp³-hybridized carbons (Fsp3) is 0.400. The standard InChI is InChI=1S/C20H16F6N6O4/c21-19(22,23)11-1-2-13(20(24,25)26)12(7-11)17(35)10-3-5-31(6-4-10)15-8-14(36-29-15)18-27-30-32(28-18)9-16(33)34/h1-2,7-8,10H,3-6,9H2,(H,33,34). The van der Waals surface area contributed by atoms with Gasteiger partial charge in [0.25, 0.3) is 0 Å². The number of aliphatic carboxylic acids is 1. The maximum absolute atomic E-state index is 13.4. The van der Waals surface area contributed by atoms with Crippen molar-refractivity contribution in [3.63, 3.8) is 0 Å². The van der Waals surface area contributed by atoms with Crippen molar-refractivity contribution < 1.29 is 45.6 Å². The summed E-state index contributed by atoms with van der Waals surface area (Å²) in [5, 5.41) is 23.7. The summed E-state index contributed by atoms with van der Waals surface area (Å²) < 4.78 is 84.5. The van der Waals surface area contributed by atoms with Crippen molar-refractivity contribution in [2.24, 2.45) is 5.92 Å². The van der Waals surface area contributed by atoms with Crippen molar-refractivity contribution in [1.29, 1.82) is 0 Å². The molecule has 0 saturated carbocycles. The number of tetrazole rings is 1. The number of alkyl halides is 6. The number of hydrogen-bond acceptors (Lipinski definition) is 8. The summed E-state index contributed by atoms with van der Waals surface area (Å²) in [7, 11) is 0. The Kier molecular flexibility index (Phi) is 6.44. The number of rotatable bonds is 6. The zero-order valence-electron chi connectivity index (χ0n) is 18.0. The van der Waals surface area contributed by atoms with Crippen molar-refractivity contribution in [3.05, 3.63) is 41.0 Å². The average molecular weight is 518 g/mol. The van der Waals surface area contributed by atoms with Gasteiger partial charge in [0, 0.05) is 30.6 Å². The molecule has 10 nitrogen and oxygen atoms in total. The van der Waals surface area contributed by atoms with Crippen molar-refractivity contribution in [2.45, 2.75) is 31.7 Å². The first-order valence-corrected chi connectivity index (χ1v) is 10.4. The number of piperidine rings is 1. The second kappa shape index (κ2) is 9.23. The van der Waals surface area contributed by atoms with Crippen LogP contribution >= 0.6 is 0 Å². The van der Waals surface area contributed by atoms with Gasteiger partial charge in [-0.05, 0) is 36.3 Å². The summed E-state index contributed by atoms with van der Waals surface area (Å²) in [4.78, 5) is 26.1. The minimum atomic E-state index is -4.99. The molecule has 1 saturated heterocycles. The predicted octanol–water partition coefficient (Wildman–Crippen LogP) is 3.55. The Bertz CT molecular complexity index is 1280. The highest BCUT2D eigenvalue weighted by Crippen LogP contribution is 2.38. The summed E-state index contributed by atoms with van der Waals surface area (Å²) in [5.41, 5.74) is -3.75. The lowest BCUT2D eigenvalue weighted by molar-refractivity contribution is -0.141. The molecule has 3 aromatic rings. The van der Waals surface area contributed by atoms with Gasteiger partial charge >= 0.3 is 18.3 Å². The van der Waals surface area contributed by atoms with E-state index in [0.29, 0.717) is 11.9 Å². The number of anilines is 1. The lowest BCUT2D eigenvalue weighted by Crippen LogP contribution is -2.37. The summed E-state index contributed by atoms with van der Waals surface area (Å²) in [6.07, 6.45) is -9.75. The van der Waals surface area contributed by atoms with Gasteiger partial charge in [-0.1, -0.05) is 5.16 Å². The Hall–Kier alpha value is -3.98. The zero-order chi connectivity index (χ0) is 26.3. The molecule has 1 aliphatic heterocycles. The summed E-state index contributed by atoms with van der Waals surface area (Å²) in [6, 6.07) is 2.28. The van der Waals surface area contributed by atoms with Crippen LogP contribution in [0.5, 0.6) is 0 Å². The van der Waals surface area contributed by atoms with Gasteiger partial charge < -0.3 is 14.5 Å². The smallest absolute Gasteiger partial charge is 0.417 e. The number of carbonyl (C=O) groups is 2. The molecule has 0 radical (unpaired) electrons. The highest BCUT2D eigenvalue weighted by atomic mass is 19.4. The molecule has 2 aromatic heterocycles. The molecule has 0 bridgehead atoms. The van der Waals surface area contributed by atoms with E-state index < -0.39 is 53.3 Å². The van der Waals surface area contributed by atoms with E-state index in [1.807, 2.05) is 0 Å². The summed E-state index contributed by atoms with van der Waals surface area (Å²) in [6.45, 7) is -0.179. The molecule has 0 unspecified atom stereocenters. The van der Waals surface area contributed by atoms with Crippen molar-refractivity contribution in [2.75, 3.05) is 18.0 Å². The van der Waals surface area contributed by atoms with Crippen LogP contribution in [0, 0.1) is 5.92 Å². The number of Topliss-reactive ketones (excluding diaryl/α,β-unsaturated/α-hetero) is 1. The van der Waals surface area contributed by atoms with E-state index in [0.717, 1.165) is 4.80 Å². The van der Waals surface area contributed by atoms with Crippen molar-refractivity contribution in [3.8, 4) is 11.6 Å². The zero-order valence-corrected chi connectivity index (χ0v) is 18.0. The fourth-order valence-electron chi connectivity index (χ4n) is 3.81. The third-order valence-electron chi connectivity index (χ3n) is 5.56. The van der Waals surface area contributed by atoms with Crippen LogP contribution in [-0.2, 0) is 23.7 Å². The highest BCUT2D eigenvalue weighted by molar-refractivity contribution is 5.99. The summed E-state index contributed by atoms with van der Waals surface area (Å²) in [5.74, 6) is -2.74. The molecule has 16 heteroatoms. The number of benzene rings is 1. The van der Waals surface area contributed by atoms with Gasteiger partial charge in [0.2, 0.25) is 11.6 Å². The van der Waals surface area contributed by atoms with Crippen LogP contribution in [-0.4, -0.2) is 55.3 Å². The lowest BCUT2D eigenvalue weighted by Gasteiger charge is -2.31. The molecule has 3 heterocycles. The van der Waals surface area contributed by atoms with Crippen LogP contribution in [0.4, 0.5) is 32.2 Å². The molecule has 1 aromatic carbocycles. The molecule has 0 spiro atoms. The minimum Gasteiger partial charge on any atom is -0.480 e. The van der Waals surface area contributed by atoms with Crippen LogP contribution in [0.1, 0.15) is 34.3 Å². The van der Waals surface area contributed by atoms with Crippen LogP contribution in [0.15, 0.2) is 28.8 Å². The van der Waals surface area contributed by atoms with Crippen LogP contribution < -0.4 is 4.90 Å². The van der Waals surface area contributed by atoms with E-state index in [9.17, 15) is 35.9 Å². The summed E-state index contributed by atoms with van der Waals surface area (Å²) >= 11 is 0. The van der Waals surface area contributed by atoms with Gasteiger partial charge in [-0.2, -0.15) is 31.1 Å². The normalized spacial score (nSPS) is 15.3. The van der Waals surface area contributed by atoms with E-state index in [2.05, 4.69) is 20.6 Å². The number of carboxylic acid groups (broad SMARTS) is 1. The van der Waals surface area contributed by atoms with Gasteiger partial charge in [0.05, 0.1) is 11.1 Å². The number of carbonyl (C=O) groups excluding carboxylic acids is 1. The van der Waals surface area contributed by atoms with E-state index in [1.54, 1.807) is 4.90 Å². The quantitative estimate of drug-likeness (QED) is 0.385. The first-order chi connectivity index (χ1) is 16.8. The maximum Gasteiger partial charge on any atom is 0.417 e. The molecule has 36 heavy (non-hydrogen) atoms. The Morgan fingerprint density at radius 3 is 2.36 bits per heavy atom. The Balaban J connectivity index is 1.47. The third-order valence-corrected chi connectivity index (χ3v) is 5.56. The molecule has 0 atom stereocenters. The van der Waals surface area contributed by atoms with Crippen LogP contribution in [0.2, 0.25) is 0 Å². The van der Waals surface area contributed by atoms with Gasteiger partial charge in [0.15, 0.2) is 18.1 Å². The molecule has 0 amide bonds. The Morgan fingerprint density at radius 1 is 1.06 bits per heavy atom. The number of hydrogen-bond donors (Lipinski definition) is 1. The molecule has 1 aliphatic rings. The van der Waals surface area contributed by atoms with Gasteiger partial charge in [-0.15, -0.1) is 10.2 Å². The third kappa shape index (κ3) is 5.31. The number of ketones is 1. The lowest BCUT2D eigenvalue weighted by atomic mass is 9.86. The molecular weight excluding hydrogens is 502 g/mol. The average Bonchev–Trinajstić information content (AvgIpc) is 3.46.